The summed E-state index contributed by atoms with van der Waals surface area (Å²) in [5.74, 6) is 2.66. The quantitative estimate of drug-likeness (QED) is 0.765. The van der Waals surface area contributed by atoms with Gasteiger partial charge in [0.25, 0.3) is 0 Å². The first-order chi connectivity index (χ1) is 9.78. The van der Waals surface area contributed by atoms with E-state index in [1.165, 1.54) is 31.4 Å². The van der Waals surface area contributed by atoms with Crippen molar-refractivity contribution in [1.29, 1.82) is 0 Å². The molecule has 1 saturated carbocycles. The van der Waals surface area contributed by atoms with Crippen LogP contribution in [0.4, 0.5) is 5.69 Å². The average Bonchev–Trinajstić information content (AvgIpc) is 2.48. The Kier molecular flexibility index (Phi) is 6.19. The van der Waals surface area contributed by atoms with Crippen molar-refractivity contribution in [3.05, 3.63) is 24.3 Å². The number of nitrogens with one attached hydrogen (secondary N) is 1. The smallest absolute Gasteiger partial charge is 0.119 e. The van der Waals surface area contributed by atoms with E-state index in [9.17, 15) is 0 Å². The standard InChI is InChI=1S/C17H27NO2/c1-14-3-5-15(6-4-14)13-18-16-7-9-17(10-8-16)20-12-11-19-2/h7-10,14-15,18H,3-6,11-13H2,1-2H3. The number of rotatable bonds is 7. The number of methoxy groups -OCH3 is 1. The van der Waals surface area contributed by atoms with Crippen LogP contribution < -0.4 is 10.1 Å². The molecule has 0 aliphatic heterocycles. The fourth-order valence-electron chi connectivity index (χ4n) is 2.71. The molecular weight excluding hydrogens is 250 g/mol. The number of benzene rings is 1. The van der Waals surface area contributed by atoms with Crippen LogP contribution in [-0.2, 0) is 4.74 Å². The lowest BCUT2D eigenvalue weighted by atomic mass is 9.83. The Morgan fingerprint density at radius 2 is 1.75 bits per heavy atom. The van der Waals surface area contributed by atoms with E-state index >= 15 is 0 Å². The second-order valence-corrected chi connectivity index (χ2v) is 5.87. The molecule has 0 heterocycles. The monoisotopic (exact) mass is 277 g/mol. The van der Waals surface area contributed by atoms with Gasteiger partial charge in [0.05, 0.1) is 6.61 Å². The zero-order valence-corrected chi connectivity index (χ0v) is 12.7. The van der Waals surface area contributed by atoms with Gasteiger partial charge in [-0.3, -0.25) is 0 Å². The van der Waals surface area contributed by atoms with Crippen molar-refractivity contribution in [3.8, 4) is 5.75 Å². The normalized spacial score (nSPS) is 22.5. The van der Waals surface area contributed by atoms with Crippen molar-refractivity contribution < 1.29 is 9.47 Å². The molecular formula is C17H27NO2. The minimum Gasteiger partial charge on any atom is -0.491 e. The number of ether oxygens (including phenoxy) is 2. The predicted molar refractivity (Wildman–Crippen MR) is 83.4 cm³/mol. The largest absolute Gasteiger partial charge is 0.491 e. The first-order valence-corrected chi connectivity index (χ1v) is 7.73. The molecule has 0 saturated heterocycles. The summed E-state index contributed by atoms with van der Waals surface area (Å²) in [6, 6.07) is 8.21. The molecule has 0 atom stereocenters. The van der Waals surface area contributed by atoms with Crippen molar-refractivity contribution in [2.75, 3.05) is 32.2 Å². The number of anilines is 1. The second-order valence-electron chi connectivity index (χ2n) is 5.87. The van der Waals surface area contributed by atoms with Gasteiger partial charge in [-0.25, -0.2) is 0 Å². The van der Waals surface area contributed by atoms with Gasteiger partial charge < -0.3 is 14.8 Å². The first kappa shape index (κ1) is 15.2. The molecule has 1 N–H and O–H groups in total. The van der Waals surface area contributed by atoms with E-state index in [1.807, 2.05) is 12.1 Å². The van der Waals surface area contributed by atoms with Crippen LogP contribution in [0.25, 0.3) is 0 Å². The lowest BCUT2D eigenvalue weighted by Gasteiger charge is -2.26. The fourth-order valence-corrected chi connectivity index (χ4v) is 2.71. The summed E-state index contributed by atoms with van der Waals surface area (Å²) in [7, 11) is 1.68. The molecule has 1 aromatic carbocycles. The Morgan fingerprint density at radius 1 is 1.05 bits per heavy atom. The van der Waals surface area contributed by atoms with Crippen molar-refractivity contribution in [2.24, 2.45) is 11.8 Å². The summed E-state index contributed by atoms with van der Waals surface area (Å²) in [4.78, 5) is 0. The second kappa shape index (κ2) is 8.15. The first-order valence-electron chi connectivity index (χ1n) is 7.73. The van der Waals surface area contributed by atoms with Crippen LogP contribution >= 0.6 is 0 Å². The molecule has 3 nitrogen and oxygen atoms in total. The summed E-state index contributed by atoms with van der Waals surface area (Å²) in [6.45, 7) is 4.69. The SMILES string of the molecule is COCCOc1ccc(NCC2CCC(C)CC2)cc1. The molecule has 0 amide bonds. The van der Waals surface area contributed by atoms with Crippen LogP contribution in [0.1, 0.15) is 32.6 Å². The Bertz CT molecular complexity index is 369. The van der Waals surface area contributed by atoms with E-state index in [2.05, 4.69) is 24.4 Å². The summed E-state index contributed by atoms with van der Waals surface area (Å²) < 4.78 is 10.5. The predicted octanol–water partition coefficient (Wildman–Crippen LogP) is 3.95. The highest BCUT2D eigenvalue weighted by Gasteiger charge is 2.17. The van der Waals surface area contributed by atoms with Gasteiger partial charge in [-0.15, -0.1) is 0 Å². The summed E-state index contributed by atoms with van der Waals surface area (Å²) in [5.41, 5.74) is 1.18. The van der Waals surface area contributed by atoms with Crippen LogP contribution in [-0.4, -0.2) is 26.9 Å². The molecule has 20 heavy (non-hydrogen) atoms. The highest BCUT2D eigenvalue weighted by molar-refractivity contribution is 5.46. The maximum absolute atomic E-state index is 5.55. The lowest BCUT2D eigenvalue weighted by molar-refractivity contribution is 0.146. The van der Waals surface area contributed by atoms with Gasteiger partial charge in [-0.05, 0) is 48.9 Å². The molecule has 0 aromatic heterocycles. The third-order valence-corrected chi connectivity index (χ3v) is 4.14. The Hall–Kier alpha value is -1.22. The van der Waals surface area contributed by atoms with Crippen LogP contribution in [0.3, 0.4) is 0 Å². The van der Waals surface area contributed by atoms with E-state index in [4.69, 9.17) is 9.47 Å². The van der Waals surface area contributed by atoms with Gasteiger partial charge in [0.1, 0.15) is 12.4 Å². The average molecular weight is 277 g/mol. The molecule has 112 valence electrons. The molecule has 0 bridgehead atoms. The minimum atomic E-state index is 0.601. The zero-order chi connectivity index (χ0) is 14.2. The van der Waals surface area contributed by atoms with E-state index < -0.39 is 0 Å². The third-order valence-electron chi connectivity index (χ3n) is 4.14. The molecule has 1 aliphatic carbocycles. The van der Waals surface area contributed by atoms with Crippen molar-refractivity contribution in [2.45, 2.75) is 32.6 Å². The van der Waals surface area contributed by atoms with Crippen LogP contribution in [0, 0.1) is 11.8 Å². The Balaban J connectivity index is 1.70. The lowest BCUT2D eigenvalue weighted by Crippen LogP contribution is -2.20. The topological polar surface area (TPSA) is 30.5 Å². The van der Waals surface area contributed by atoms with Crippen LogP contribution in [0.2, 0.25) is 0 Å². The third kappa shape index (κ3) is 5.04. The van der Waals surface area contributed by atoms with Gasteiger partial charge in [0.2, 0.25) is 0 Å². The molecule has 1 fully saturated rings. The van der Waals surface area contributed by atoms with Crippen LogP contribution in [0.15, 0.2) is 24.3 Å². The Labute approximate surface area is 122 Å². The maximum Gasteiger partial charge on any atom is 0.119 e. The summed E-state index contributed by atoms with van der Waals surface area (Å²) >= 11 is 0. The molecule has 2 rings (SSSR count). The number of hydrogen-bond acceptors (Lipinski definition) is 3. The molecule has 0 unspecified atom stereocenters. The zero-order valence-electron chi connectivity index (χ0n) is 12.7. The summed E-state index contributed by atoms with van der Waals surface area (Å²) in [6.07, 6.45) is 5.51. The maximum atomic E-state index is 5.55. The van der Waals surface area contributed by atoms with E-state index in [0.29, 0.717) is 13.2 Å². The molecule has 0 radical (unpaired) electrons. The van der Waals surface area contributed by atoms with Crippen LogP contribution in [0.5, 0.6) is 5.75 Å². The minimum absolute atomic E-state index is 0.601. The highest BCUT2D eigenvalue weighted by Crippen LogP contribution is 2.28. The Morgan fingerprint density at radius 3 is 2.40 bits per heavy atom. The molecule has 1 aromatic rings. The van der Waals surface area contributed by atoms with Crippen molar-refractivity contribution in [3.63, 3.8) is 0 Å². The van der Waals surface area contributed by atoms with Gasteiger partial charge in [-0.1, -0.05) is 19.8 Å². The fraction of sp³-hybridized carbons (Fsp3) is 0.647. The van der Waals surface area contributed by atoms with E-state index in [-0.39, 0.29) is 0 Å². The molecule has 3 heteroatoms. The molecule has 1 aliphatic rings. The van der Waals surface area contributed by atoms with E-state index in [0.717, 1.165) is 24.1 Å². The number of hydrogen-bond donors (Lipinski definition) is 1. The van der Waals surface area contributed by atoms with Gasteiger partial charge >= 0.3 is 0 Å². The highest BCUT2D eigenvalue weighted by atomic mass is 16.5. The van der Waals surface area contributed by atoms with Gasteiger partial charge in [-0.2, -0.15) is 0 Å². The molecule has 0 spiro atoms. The van der Waals surface area contributed by atoms with Gasteiger partial charge in [0.15, 0.2) is 0 Å². The summed E-state index contributed by atoms with van der Waals surface area (Å²) in [5, 5.41) is 3.54. The van der Waals surface area contributed by atoms with Gasteiger partial charge in [0, 0.05) is 19.3 Å². The van der Waals surface area contributed by atoms with Crippen molar-refractivity contribution in [1.82, 2.24) is 0 Å². The van der Waals surface area contributed by atoms with E-state index in [1.54, 1.807) is 7.11 Å². The van der Waals surface area contributed by atoms with Crippen molar-refractivity contribution >= 4 is 5.69 Å².